The van der Waals surface area contributed by atoms with E-state index in [1.807, 2.05) is 12.1 Å². The van der Waals surface area contributed by atoms with Crippen LogP contribution in [0.1, 0.15) is 12.8 Å². The van der Waals surface area contributed by atoms with Crippen LogP contribution in [0.25, 0.3) is 33.1 Å². The second-order valence-electron chi connectivity index (χ2n) is 9.02. The number of aromatic amines is 2. The Morgan fingerprint density at radius 3 is 2.88 bits per heavy atom. The van der Waals surface area contributed by atoms with E-state index in [1.165, 1.54) is 17.8 Å². The van der Waals surface area contributed by atoms with E-state index in [1.54, 1.807) is 19.3 Å². The van der Waals surface area contributed by atoms with Gasteiger partial charge in [0.2, 0.25) is 0 Å². The Balaban J connectivity index is 1.42. The lowest BCUT2D eigenvalue weighted by Crippen LogP contribution is -2.41. The van der Waals surface area contributed by atoms with Gasteiger partial charge in [-0.25, -0.2) is 24.3 Å². The van der Waals surface area contributed by atoms with Crippen LogP contribution in [0, 0.1) is 11.7 Å². The van der Waals surface area contributed by atoms with Gasteiger partial charge in [0, 0.05) is 37.3 Å². The van der Waals surface area contributed by atoms with Gasteiger partial charge in [0.1, 0.15) is 17.3 Å². The predicted molar refractivity (Wildman–Crippen MR) is 131 cm³/mol. The van der Waals surface area contributed by atoms with Gasteiger partial charge in [-0.15, -0.1) is 0 Å². The summed E-state index contributed by atoms with van der Waals surface area (Å²) in [5.74, 6) is 0.962. The van der Waals surface area contributed by atoms with E-state index in [9.17, 15) is 4.39 Å². The highest BCUT2D eigenvalue weighted by Gasteiger charge is 2.44. The number of nitrogens with zero attached hydrogens (tertiary/aromatic N) is 5. The first kappa shape index (κ1) is 20.0. The van der Waals surface area contributed by atoms with Crippen LogP contribution in [0.15, 0.2) is 40.8 Å². The van der Waals surface area contributed by atoms with Crippen molar-refractivity contribution in [2.45, 2.75) is 35.2 Å². The van der Waals surface area contributed by atoms with Crippen LogP contribution in [0.4, 0.5) is 15.9 Å². The molecule has 0 unspecified atom stereocenters. The van der Waals surface area contributed by atoms with Crippen molar-refractivity contribution in [1.82, 2.24) is 29.9 Å². The molecule has 2 fully saturated rings. The van der Waals surface area contributed by atoms with Crippen LogP contribution in [0.5, 0.6) is 0 Å². The summed E-state index contributed by atoms with van der Waals surface area (Å²) in [6.45, 7) is 0.845. The Kier molecular flexibility index (Phi) is 4.28. The number of fused-ring (bicyclic) bond motifs is 6. The van der Waals surface area contributed by atoms with Gasteiger partial charge in [0.15, 0.2) is 16.0 Å². The third-order valence-electron chi connectivity index (χ3n) is 7.05. The van der Waals surface area contributed by atoms with Gasteiger partial charge in [0.25, 0.3) is 0 Å². The van der Waals surface area contributed by atoms with Gasteiger partial charge in [-0.3, -0.25) is 0 Å². The van der Waals surface area contributed by atoms with Crippen LogP contribution >= 0.6 is 11.8 Å². The number of benzene rings is 1. The van der Waals surface area contributed by atoms with Crippen LogP contribution in [0.3, 0.4) is 0 Å². The summed E-state index contributed by atoms with van der Waals surface area (Å²) < 4.78 is 14.5. The standard InChI is InChI=1S/C23H22FN9S/c1-26-16-7-11(24)6-13-17-20(29-18(13)16)31-23(34-22-28-15-3-2-4-27-19(15)30-22)32-21(17)33-9-10-5-12(33)8-14(10)25/h2-4,6-7,10,12,14,26H,5,8-9,25H2,1H3,(H,27,28,30)(H,29,31,32)/t10-,12-,14-/m1/s1. The highest BCUT2D eigenvalue weighted by atomic mass is 32.2. The van der Waals surface area contributed by atoms with Gasteiger partial charge in [-0.05, 0) is 54.8 Å². The SMILES string of the molecule is CNc1cc(F)cc2c1[nH]c1nc(Sc3nc4ncccc4[nH]3)nc(N3C[C@H]4C[C@@H]3C[C@H]4N)c12. The maximum absolute atomic E-state index is 14.5. The monoisotopic (exact) mass is 475 g/mol. The summed E-state index contributed by atoms with van der Waals surface area (Å²) in [6.07, 6.45) is 3.71. The number of rotatable bonds is 4. The van der Waals surface area contributed by atoms with Gasteiger partial charge in [-0.1, -0.05) is 0 Å². The smallest absolute Gasteiger partial charge is 0.199 e. The second kappa shape index (κ2) is 7.28. The molecule has 0 spiro atoms. The van der Waals surface area contributed by atoms with Crippen molar-refractivity contribution in [3.63, 3.8) is 0 Å². The molecular formula is C23H22FN9S. The van der Waals surface area contributed by atoms with Crippen LogP contribution in [0.2, 0.25) is 0 Å². The van der Waals surface area contributed by atoms with Gasteiger partial charge < -0.3 is 25.9 Å². The van der Waals surface area contributed by atoms with Crippen molar-refractivity contribution < 1.29 is 4.39 Å². The fraction of sp³-hybridized carbons (Fsp3) is 0.304. The summed E-state index contributed by atoms with van der Waals surface area (Å²) in [7, 11) is 1.78. The van der Waals surface area contributed by atoms with E-state index in [0.717, 1.165) is 47.0 Å². The Morgan fingerprint density at radius 2 is 2.12 bits per heavy atom. The van der Waals surface area contributed by atoms with E-state index in [0.29, 0.717) is 39.3 Å². The number of halogens is 1. The first-order valence-electron chi connectivity index (χ1n) is 11.3. The molecule has 5 heterocycles. The van der Waals surface area contributed by atoms with E-state index < -0.39 is 0 Å². The van der Waals surface area contributed by atoms with Crippen molar-refractivity contribution in [3.8, 4) is 0 Å². The summed E-state index contributed by atoms with van der Waals surface area (Å²) in [5, 5.41) is 5.92. The number of hydrogen-bond acceptors (Lipinski definition) is 8. The van der Waals surface area contributed by atoms with E-state index in [-0.39, 0.29) is 11.9 Å². The van der Waals surface area contributed by atoms with Gasteiger partial charge in [-0.2, -0.15) is 0 Å². The minimum Gasteiger partial charge on any atom is -0.386 e. The molecule has 1 saturated carbocycles. The van der Waals surface area contributed by atoms with Crippen molar-refractivity contribution >= 4 is 56.4 Å². The number of H-pyrrole nitrogens is 2. The number of nitrogens with one attached hydrogen (secondary N) is 3. The van der Waals surface area contributed by atoms with Gasteiger partial charge in [0.05, 0.1) is 22.1 Å². The zero-order valence-corrected chi connectivity index (χ0v) is 19.2. The number of nitrogens with two attached hydrogens (primary N) is 1. The molecule has 7 rings (SSSR count). The number of anilines is 2. The summed E-state index contributed by atoms with van der Waals surface area (Å²) in [5.41, 5.74) is 10.00. The molecule has 5 N–H and O–H groups in total. The maximum Gasteiger partial charge on any atom is 0.199 e. The molecule has 0 amide bonds. The van der Waals surface area contributed by atoms with E-state index in [4.69, 9.17) is 15.7 Å². The minimum atomic E-state index is -0.304. The van der Waals surface area contributed by atoms with Crippen LogP contribution < -0.4 is 16.0 Å². The van der Waals surface area contributed by atoms with E-state index >= 15 is 0 Å². The lowest BCUT2D eigenvalue weighted by atomic mass is 10.0. The molecule has 3 atom stereocenters. The number of aromatic nitrogens is 6. The average molecular weight is 476 g/mol. The number of pyridine rings is 1. The normalized spacial score (nSPS) is 22.0. The first-order chi connectivity index (χ1) is 16.6. The molecule has 11 heteroatoms. The molecule has 2 aliphatic rings. The average Bonchev–Trinajstić information content (AvgIpc) is 3.58. The summed E-state index contributed by atoms with van der Waals surface area (Å²) >= 11 is 1.35. The van der Waals surface area contributed by atoms with Crippen LogP contribution in [-0.2, 0) is 0 Å². The molecule has 1 saturated heterocycles. The molecule has 172 valence electrons. The Bertz CT molecular complexity index is 1540. The highest BCUT2D eigenvalue weighted by Crippen LogP contribution is 2.44. The Labute approximate surface area is 197 Å². The van der Waals surface area contributed by atoms with Crippen molar-refractivity contribution in [1.29, 1.82) is 0 Å². The van der Waals surface area contributed by atoms with Crippen LogP contribution in [-0.4, -0.2) is 55.6 Å². The minimum absolute atomic E-state index is 0.228. The topological polar surface area (TPSA) is 124 Å². The first-order valence-corrected chi connectivity index (χ1v) is 12.1. The molecule has 1 aliphatic heterocycles. The zero-order valence-electron chi connectivity index (χ0n) is 18.3. The predicted octanol–water partition coefficient (Wildman–Crippen LogP) is 3.64. The lowest BCUT2D eigenvalue weighted by molar-refractivity contribution is 0.471. The molecule has 34 heavy (non-hydrogen) atoms. The third-order valence-corrected chi connectivity index (χ3v) is 7.80. The maximum atomic E-state index is 14.5. The fourth-order valence-corrected chi connectivity index (χ4v) is 6.22. The largest absolute Gasteiger partial charge is 0.386 e. The van der Waals surface area contributed by atoms with Gasteiger partial charge >= 0.3 is 0 Å². The molecule has 0 radical (unpaired) electrons. The molecule has 1 aromatic carbocycles. The summed E-state index contributed by atoms with van der Waals surface area (Å²) in [4.78, 5) is 27.7. The third kappa shape index (κ3) is 2.96. The van der Waals surface area contributed by atoms with Crippen molar-refractivity contribution in [2.75, 3.05) is 23.8 Å². The molecular weight excluding hydrogens is 453 g/mol. The Morgan fingerprint density at radius 1 is 1.21 bits per heavy atom. The second-order valence-corrected chi connectivity index (χ2v) is 9.98. The zero-order chi connectivity index (χ0) is 23.0. The number of imidazole rings is 1. The summed E-state index contributed by atoms with van der Waals surface area (Å²) in [6, 6.07) is 7.40. The fourth-order valence-electron chi connectivity index (χ4n) is 5.49. The number of piperidine rings is 1. The molecule has 5 aromatic rings. The Hall–Kier alpha value is -3.44. The number of hydrogen-bond donors (Lipinski definition) is 4. The van der Waals surface area contributed by atoms with Crippen molar-refractivity contribution in [3.05, 3.63) is 36.3 Å². The lowest BCUT2D eigenvalue weighted by Gasteiger charge is -2.31. The molecule has 2 bridgehead atoms. The van der Waals surface area contributed by atoms with E-state index in [2.05, 4.69) is 30.2 Å². The molecule has 1 aliphatic carbocycles. The molecule has 4 aromatic heterocycles. The quantitative estimate of drug-likeness (QED) is 0.291. The highest BCUT2D eigenvalue weighted by molar-refractivity contribution is 7.99. The molecule has 9 nitrogen and oxygen atoms in total. The van der Waals surface area contributed by atoms with Crippen molar-refractivity contribution in [2.24, 2.45) is 11.7 Å².